The zero-order valence-electron chi connectivity index (χ0n) is 12.9. The molecule has 0 saturated carbocycles. The summed E-state index contributed by atoms with van der Waals surface area (Å²) in [6.07, 6.45) is -0.589. The van der Waals surface area contributed by atoms with Crippen LogP contribution < -0.4 is 0 Å². The standard InChI is InChI=1S/C13H23N3O3S2/c1-9-13(20-10(2)14-9)7-16-5-11(12(17)6-16)8-21(18,19)15(3)4/h11-12,17H,5-8H2,1-4H3/t11-,12+/m0/s1. The number of nitrogens with zero attached hydrogens (tertiary/aromatic N) is 3. The Bertz CT molecular complexity index is 598. The number of aryl methyl sites for hydroxylation is 2. The van der Waals surface area contributed by atoms with Gasteiger partial charge in [-0.3, -0.25) is 4.90 Å². The minimum Gasteiger partial charge on any atom is -0.391 e. The van der Waals surface area contributed by atoms with Crippen LogP contribution in [0.15, 0.2) is 0 Å². The zero-order chi connectivity index (χ0) is 15.8. The molecule has 1 aromatic heterocycles. The van der Waals surface area contributed by atoms with Gasteiger partial charge in [-0.05, 0) is 13.8 Å². The van der Waals surface area contributed by atoms with Gasteiger partial charge in [0.1, 0.15) is 0 Å². The molecule has 1 aliphatic heterocycles. The Labute approximate surface area is 130 Å². The molecule has 2 rings (SSSR count). The van der Waals surface area contributed by atoms with Crippen molar-refractivity contribution in [3.8, 4) is 0 Å². The molecule has 8 heteroatoms. The molecule has 120 valence electrons. The lowest BCUT2D eigenvalue weighted by Gasteiger charge is -2.17. The van der Waals surface area contributed by atoms with Crippen LogP contribution in [0.5, 0.6) is 0 Å². The number of aliphatic hydroxyl groups is 1. The molecule has 2 heterocycles. The Morgan fingerprint density at radius 1 is 1.38 bits per heavy atom. The molecule has 6 nitrogen and oxygen atoms in total. The van der Waals surface area contributed by atoms with Crippen LogP contribution in [-0.4, -0.2) is 66.8 Å². The van der Waals surface area contributed by atoms with Gasteiger partial charge in [-0.15, -0.1) is 11.3 Å². The van der Waals surface area contributed by atoms with Gasteiger partial charge in [0.25, 0.3) is 0 Å². The van der Waals surface area contributed by atoms with Crippen molar-refractivity contribution in [2.24, 2.45) is 5.92 Å². The van der Waals surface area contributed by atoms with Crippen LogP contribution in [0.1, 0.15) is 15.6 Å². The fourth-order valence-corrected chi connectivity index (χ4v) is 4.72. The normalized spacial score (nSPS) is 24.1. The summed E-state index contributed by atoms with van der Waals surface area (Å²) in [4.78, 5) is 7.70. The lowest BCUT2D eigenvalue weighted by Crippen LogP contribution is -2.33. The highest BCUT2D eigenvalue weighted by molar-refractivity contribution is 7.89. The number of rotatable bonds is 5. The molecule has 0 amide bonds. The topological polar surface area (TPSA) is 73.7 Å². The van der Waals surface area contributed by atoms with Gasteiger partial charge in [0.05, 0.1) is 22.6 Å². The molecule has 1 fully saturated rings. The minimum absolute atomic E-state index is 0.00162. The Hall–Kier alpha value is -0.540. The number of likely N-dealkylation sites (tertiary alicyclic amines) is 1. The molecule has 1 aromatic rings. The fraction of sp³-hybridized carbons (Fsp3) is 0.769. The quantitative estimate of drug-likeness (QED) is 0.847. The van der Waals surface area contributed by atoms with Crippen LogP contribution in [0.4, 0.5) is 0 Å². The Morgan fingerprint density at radius 3 is 2.57 bits per heavy atom. The predicted molar refractivity (Wildman–Crippen MR) is 83.8 cm³/mol. The molecule has 0 aromatic carbocycles. The molecular weight excluding hydrogens is 310 g/mol. The second-order valence-electron chi connectivity index (χ2n) is 5.82. The Kier molecular flexibility index (Phi) is 5.04. The van der Waals surface area contributed by atoms with E-state index in [1.165, 1.54) is 23.3 Å². The maximum Gasteiger partial charge on any atom is 0.214 e. The van der Waals surface area contributed by atoms with Crippen LogP contribution in [-0.2, 0) is 16.6 Å². The fourth-order valence-electron chi connectivity index (χ4n) is 2.58. The van der Waals surface area contributed by atoms with Gasteiger partial charge in [0, 0.05) is 44.5 Å². The summed E-state index contributed by atoms with van der Waals surface area (Å²) in [5.41, 5.74) is 1.02. The zero-order valence-corrected chi connectivity index (χ0v) is 14.5. The lowest BCUT2D eigenvalue weighted by molar-refractivity contribution is 0.148. The van der Waals surface area contributed by atoms with Gasteiger partial charge < -0.3 is 5.11 Å². The largest absolute Gasteiger partial charge is 0.391 e. The lowest BCUT2D eigenvalue weighted by atomic mass is 10.1. The first kappa shape index (κ1) is 16.8. The van der Waals surface area contributed by atoms with E-state index < -0.39 is 16.1 Å². The summed E-state index contributed by atoms with van der Waals surface area (Å²) in [5, 5.41) is 11.2. The molecule has 0 bridgehead atoms. The summed E-state index contributed by atoms with van der Waals surface area (Å²) < 4.78 is 25.1. The van der Waals surface area contributed by atoms with E-state index >= 15 is 0 Å². The SMILES string of the molecule is Cc1nc(C)c(CN2C[C@@H](CS(=O)(=O)N(C)C)[C@H](O)C2)s1. The first-order chi connectivity index (χ1) is 9.69. The van der Waals surface area contributed by atoms with Crippen molar-refractivity contribution in [2.75, 3.05) is 32.9 Å². The van der Waals surface area contributed by atoms with E-state index in [0.717, 1.165) is 17.2 Å². The Morgan fingerprint density at radius 2 is 2.05 bits per heavy atom. The highest BCUT2D eigenvalue weighted by atomic mass is 32.2. The van der Waals surface area contributed by atoms with E-state index in [1.54, 1.807) is 11.3 Å². The molecule has 1 saturated heterocycles. The molecule has 1 N–H and O–H groups in total. The molecule has 0 unspecified atom stereocenters. The van der Waals surface area contributed by atoms with Gasteiger partial charge >= 0.3 is 0 Å². The van der Waals surface area contributed by atoms with E-state index in [2.05, 4.69) is 9.88 Å². The third-order valence-corrected chi connectivity index (χ3v) is 6.85. The van der Waals surface area contributed by atoms with E-state index in [9.17, 15) is 13.5 Å². The highest BCUT2D eigenvalue weighted by Gasteiger charge is 2.35. The van der Waals surface area contributed by atoms with E-state index in [4.69, 9.17) is 0 Å². The maximum atomic E-state index is 11.9. The molecule has 0 spiro atoms. The first-order valence-electron chi connectivity index (χ1n) is 6.92. The second kappa shape index (κ2) is 6.29. The van der Waals surface area contributed by atoms with Crippen molar-refractivity contribution in [3.05, 3.63) is 15.6 Å². The van der Waals surface area contributed by atoms with Crippen LogP contribution >= 0.6 is 11.3 Å². The third-order valence-electron chi connectivity index (χ3n) is 3.83. The molecule has 0 radical (unpaired) electrons. The van der Waals surface area contributed by atoms with Crippen molar-refractivity contribution < 1.29 is 13.5 Å². The monoisotopic (exact) mass is 333 g/mol. The Balaban J connectivity index is 2.00. The van der Waals surface area contributed by atoms with Crippen molar-refractivity contribution in [1.29, 1.82) is 0 Å². The minimum atomic E-state index is -3.28. The van der Waals surface area contributed by atoms with Gasteiger partial charge in [-0.1, -0.05) is 0 Å². The first-order valence-corrected chi connectivity index (χ1v) is 9.35. The van der Waals surface area contributed by atoms with E-state index in [1.807, 2.05) is 13.8 Å². The summed E-state index contributed by atoms with van der Waals surface area (Å²) in [7, 11) is -0.227. The number of aromatic nitrogens is 1. The van der Waals surface area contributed by atoms with E-state index in [-0.39, 0.29) is 11.7 Å². The van der Waals surface area contributed by atoms with Gasteiger partial charge in [0.15, 0.2) is 0 Å². The van der Waals surface area contributed by atoms with Crippen LogP contribution in [0, 0.1) is 19.8 Å². The van der Waals surface area contributed by atoms with Crippen LogP contribution in [0.2, 0.25) is 0 Å². The average Bonchev–Trinajstić information content (AvgIpc) is 2.82. The molecule has 0 aliphatic carbocycles. The molecular formula is C13H23N3O3S2. The number of thiazole rings is 1. The average molecular weight is 333 g/mol. The number of β-amino-alcohol motifs (C(OH)–C–C–N with tert-alkyl or cyclic N) is 1. The molecule has 21 heavy (non-hydrogen) atoms. The number of hydrogen-bond donors (Lipinski definition) is 1. The van der Waals surface area contributed by atoms with Gasteiger partial charge in [-0.2, -0.15) is 0 Å². The number of aliphatic hydroxyl groups excluding tert-OH is 1. The van der Waals surface area contributed by atoms with Crippen molar-refractivity contribution in [2.45, 2.75) is 26.5 Å². The van der Waals surface area contributed by atoms with Gasteiger partial charge in [-0.25, -0.2) is 17.7 Å². The van der Waals surface area contributed by atoms with Crippen LogP contribution in [0.25, 0.3) is 0 Å². The number of sulfonamides is 1. The van der Waals surface area contributed by atoms with Crippen molar-refractivity contribution in [1.82, 2.24) is 14.2 Å². The summed E-state index contributed by atoms with van der Waals surface area (Å²) in [6, 6.07) is 0. The third kappa shape index (κ3) is 4.01. The smallest absolute Gasteiger partial charge is 0.214 e. The maximum absolute atomic E-state index is 11.9. The second-order valence-corrected chi connectivity index (χ2v) is 9.34. The summed E-state index contributed by atoms with van der Waals surface area (Å²) in [5.74, 6) is -0.232. The highest BCUT2D eigenvalue weighted by Crippen LogP contribution is 2.25. The number of hydrogen-bond acceptors (Lipinski definition) is 6. The predicted octanol–water partition coefficient (Wildman–Crippen LogP) is 0.444. The summed E-state index contributed by atoms with van der Waals surface area (Å²) in [6.45, 7) is 5.81. The van der Waals surface area contributed by atoms with Crippen LogP contribution in [0.3, 0.4) is 0 Å². The van der Waals surface area contributed by atoms with Crippen molar-refractivity contribution >= 4 is 21.4 Å². The molecule has 1 aliphatic rings. The van der Waals surface area contributed by atoms with Crippen molar-refractivity contribution in [3.63, 3.8) is 0 Å². The molecule has 2 atom stereocenters. The van der Waals surface area contributed by atoms with E-state index in [0.29, 0.717) is 13.1 Å². The summed E-state index contributed by atoms with van der Waals surface area (Å²) >= 11 is 1.66. The van der Waals surface area contributed by atoms with Gasteiger partial charge in [0.2, 0.25) is 10.0 Å².